The van der Waals surface area contributed by atoms with E-state index < -0.39 is 0 Å². The van der Waals surface area contributed by atoms with Crippen molar-refractivity contribution in [2.75, 3.05) is 7.11 Å². The summed E-state index contributed by atoms with van der Waals surface area (Å²) in [7, 11) is 4.00. The Hall–Kier alpha value is -1.24. The van der Waals surface area contributed by atoms with Crippen LogP contribution in [0.3, 0.4) is 0 Å². The predicted octanol–water partition coefficient (Wildman–Crippen LogP) is 2.88. The van der Waals surface area contributed by atoms with Crippen LogP contribution in [0.1, 0.15) is 10.4 Å². The summed E-state index contributed by atoms with van der Waals surface area (Å²) in [6, 6.07) is 6.84. The Labute approximate surface area is 110 Å². The monoisotopic (exact) mass is 286 g/mol. The zero-order valence-electron chi connectivity index (χ0n) is 8.71. The molecule has 0 aliphatic rings. The van der Waals surface area contributed by atoms with Gasteiger partial charge in [-0.15, -0.1) is 0 Å². The average Bonchev–Trinajstić information content (AvgIpc) is 2.74. The Balaban J connectivity index is 2.42. The van der Waals surface area contributed by atoms with Crippen molar-refractivity contribution >= 4 is 44.1 Å². The van der Waals surface area contributed by atoms with E-state index in [0.29, 0.717) is 21.1 Å². The number of hydrogen-bond donors (Lipinski definition) is 0. The second kappa shape index (κ2) is 5.39. The molecule has 0 N–H and O–H groups in total. The Morgan fingerprint density at radius 2 is 2.35 bits per heavy atom. The first kappa shape index (κ1) is 12.2. The molecule has 0 atom stereocenters. The van der Waals surface area contributed by atoms with Crippen LogP contribution >= 0.6 is 32.5 Å². The van der Waals surface area contributed by atoms with Crippen LogP contribution in [-0.2, 0) is 4.74 Å². The van der Waals surface area contributed by atoms with Crippen molar-refractivity contribution in [1.29, 1.82) is 0 Å². The quantitative estimate of drug-likeness (QED) is 0.630. The number of hydrogen-bond acceptors (Lipinski definition) is 6. The number of nitrogens with zero attached hydrogens (tertiary/aromatic N) is 2. The highest BCUT2D eigenvalue weighted by Crippen LogP contribution is 2.16. The Morgan fingerprint density at radius 1 is 1.53 bits per heavy atom. The van der Waals surface area contributed by atoms with Crippen LogP contribution in [0.4, 0.5) is 5.69 Å². The average molecular weight is 287 g/mol. The molecule has 0 aliphatic heterocycles. The van der Waals surface area contributed by atoms with Crippen LogP contribution in [-0.4, -0.2) is 17.5 Å². The van der Waals surface area contributed by atoms with E-state index in [1.807, 2.05) is 0 Å². The molecular formula is C10H7ClN2O2S2. The maximum Gasteiger partial charge on any atom is 0.337 e. The van der Waals surface area contributed by atoms with Gasteiger partial charge in [0, 0.05) is 10.5 Å². The van der Waals surface area contributed by atoms with Crippen LogP contribution in [0.15, 0.2) is 29.3 Å². The predicted molar refractivity (Wildman–Crippen MR) is 68.0 cm³/mol. The third kappa shape index (κ3) is 2.91. The molecule has 0 amide bonds. The number of carbonyl (C=O) groups is 1. The summed E-state index contributed by atoms with van der Waals surface area (Å²) in [4.78, 5) is 15.6. The van der Waals surface area contributed by atoms with Gasteiger partial charge in [-0.25, -0.2) is 9.79 Å². The number of ether oxygens (including phenoxy) is 1. The minimum Gasteiger partial charge on any atom is -0.465 e. The van der Waals surface area contributed by atoms with Gasteiger partial charge in [0.05, 0.1) is 18.4 Å². The van der Waals surface area contributed by atoms with Gasteiger partial charge < -0.3 is 4.74 Å². The van der Waals surface area contributed by atoms with Crippen LogP contribution in [0.2, 0.25) is 5.15 Å². The van der Waals surface area contributed by atoms with Crippen molar-refractivity contribution < 1.29 is 9.53 Å². The fraction of sp³-hybridized carbons (Fsp3) is 0.100. The van der Waals surface area contributed by atoms with Gasteiger partial charge in [-0.2, -0.15) is 4.37 Å². The molecule has 88 valence electrons. The fourth-order valence-electron chi connectivity index (χ4n) is 1.16. The summed E-state index contributed by atoms with van der Waals surface area (Å²) in [5, 5.41) is 0.378. The molecule has 0 saturated carbocycles. The summed E-state index contributed by atoms with van der Waals surface area (Å²) in [5.41, 5.74) is 1.10. The van der Waals surface area contributed by atoms with Gasteiger partial charge in [0.25, 0.3) is 0 Å². The zero-order valence-corrected chi connectivity index (χ0v) is 11.1. The molecule has 1 heterocycles. The normalized spacial score (nSPS) is 11.5. The fourth-order valence-corrected chi connectivity index (χ4v) is 3.15. The van der Waals surface area contributed by atoms with Crippen molar-refractivity contribution in [1.82, 2.24) is 4.37 Å². The molecular weight excluding hydrogens is 280 g/mol. The van der Waals surface area contributed by atoms with E-state index in [-0.39, 0.29) is 5.97 Å². The standard InChI is InChI=1S/C10H7ClN2O2S2/c1-15-10(14)6-3-2-4-7(5-6)12-9-8(11)13-17-16-9/h2-5H,1H3. The number of esters is 1. The Bertz CT molecular complexity index is 606. The van der Waals surface area contributed by atoms with E-state index in [0.717, 1.165) is 0 Å². The van der Waals surface area contributed by atoms with Crippen molar-refractivity contribution in [3.05, 3.63) is 39.7 Å². The zero-order chi connectivity index (χ0) is 12.3. The molecule has 0 unspecified atom stereocenters. The third-order valence-electron chi connectivity index (χ3n) is 1.91. The first-order valence-corrected chi connectivity index (χ1v) is 7.04. The van der Waals surface area contributed by atoms with Crippen molar-refractivity contribution in [3.63, 3.8) is 0 Å². The molecule has 2 aromatic rings. The molecule has 0 radical (unpaired) electrons. The van der Waals surface area contributed by atoms with E-state index in [1.165, 1.54) is 28.0 Å². The summed E-state index contributed by atoms with van der Waals surface area (Å²) in [5.74, 6) is -0.389. The van der Waals surface area contributed by atoms with E-state index in [1.54, 1.807) is 24.3 Å². The topological polar surface area (TPSA) is 51.5 Å². The largest absolute Gasteiger partial charge is 0.465 e. The van der Waals surface area contributed by atoms with Crippen LogP contribution in [0.25, 0.3) is 0 Å². The van der Waals surface area contributed by atoms with Gasteiger partial charge in [0.15, 0.2) is 9.82 Å². The third-order valence-corrected chi connectivity index (χ3v) is 4.08. The summed E-state index contributed by atoms with van der Waals surface area (Å²) in [6.07, 6.45) is 0. The van der Waals surface area contributed by atoms with Gasteiger partial charge in [-0.1, -0.05) is 17.7 Å². The molecule has 0 bridgehead atoms. The van der Waals surface area contributed by atoms with Crippen LogP contribution in [0, 0.1) is 0 Å². The minimum absolute atomic E-state index is 0.378. The maximum atomic E-state index is 11.3. The van der Waals surface area contributed by atoms with Gasteiger partial charge in [-0.05, 0) is 28.5 Å². The molecule has 1 aromatic carbocycles. The number of rotatable bonds is 2. The molecule has 1 aromatic heterocycles. The molecule has 0 aliphatic carbocycles. The first-order valence-electron chi connectivity index (χ1n) is 4.55. The van der Waals surface area contributed by atoms with Crippen molar-refractivity contribution in [2.45, 2.75) is 0 Å². The van der Waals surface area contributed by atoms with Gasteiger partial charge in [0.1, 0.15) is 0 Å². The second-order valence-corrected chi connectivity index (χ2v) is 5.19. The molecule has 17 heavy (non-hydrogen) atoms. The number of methoxy groups -OCH3 is 1. The highest BCUT2D eigenvalue weighted by atomic mass is 35.5. The lowest BCUT2D eigenvalue weighted by atomic mass is 10.2. The highest BCUT2D eigenvalue weighted by molar-refractivity contribution is 7.66. The summed E-state index contributed by atoms with van der Waals surface area (Å²) < 4.78 is 9.20. The molecule has 0 saturated heterocycles. The SMILES string of the molecule is COC(=O)c1cccc(N=c2ssnc2Cl)c1. The van der Waals surface area contributed by atoms with Gasteiger partial charge in [-0.3, -0.25) is 0 Å². The number of benzene rings is 1. The van der Waals surface area contributed by atoms with E-state index in [2.05, 4.69) is 14.1 Å². The number of aromatic nitrogens is 1. The van der Waals surface area contributed by atoms with E-state index in [4.69, 9.17) is 11.6 Å². The lowest BCUT2D eigenvalue weighted by Gasteiger charge is -1.99. The molecule has 0 spiro atoms. The maximum absolute atomic E-state index is 11.3. The van der Waals surface area contributed by atoms with Gasteiger partial charge in [0.2, 0.25) is 0 Å². The molecule has 7 heteroatoms. The van der Waals surface area contributed by atoms with Crippen LogP contribution in [0.5, 0.6) is 0 Å². The lowest BCUT2D eigenvalue weighted by molar-refractivity contribution is 0.0601. The number of carbonyl (C=O) groups excluding carboxylic acids is 1. The van der Waals surface area contributed by atoms with Crippen LogP contribution < -0.4 is 4.67 Å². The summed E-state index contributed by atoms with van der Waals surface area (Å²) >= 11 is 5.84. The lowest BCUT2D eigenvalue weighted by Crippen LogP contribution is -2.00. The van der Waals surface area contributed by atoms with Crippen molar-refractivity contribution in [2.24, 2.45) is 4.99 Å². The second-order valence-electron chi connectivity index (χ2n) is 3.00. The molecule has 4 nitrogen and oxygen atoms in total. The number of halogens is 1. The smallest absolute Gasteiger partial charge is 0.337 e. The van der Waals surface area contributed by atoms with E-state index >= 15 is 0 Å². The Morgan fingerprint density at radius 3 is 3.00 bits per heavy atom. The Kier molecular flexibility index (Phi) is 3.88. The molecule has 0 fully saturated rings. The van der Waals surface area contributed by atoms with E-state index in [9.17, 15) is 4.79 Å². The minimum atomic E-state index is -0.389. The van der Waals surface area contributed by atoms with Crippen molar-refractivity contribution in [3.8, 4) is 0 Å². The summed E-state index contributed by atoms with van der Waals surface area (Å²) in [6.45, 7) is 0. The highest BCUT2D eigenvalue weighted by Gasteiger charge is 2.05. The van der Waals surface area contributed by atoms with Gasteiger partial charge >= 0.3 is 5.97 Å². The molecule has 2 rings (SSSR count). The first-order chi connectivity index (χ1) is 8.20.